The Morgan fingerprint density at radius 2 is 1.33 bits per heavy atom. The molecule has 2 bridgehead atoms. The third-order valence-corrected chi connectivity index (χ3v) is 6.87. The molecule has 0 radical (unpaired) electrons. The summed E-state index contributed by atoms with van der Waals surface area (Å²) in [5, 5.41) is 0. The van der Waals surface area contributed by atoms with Crippen LogP contribution in [0.5, 0.6) is 0 Å². The normalized spacial score (nSPS) is 25.8. The first-order chi connectivity index (χ1) is 14.6. The van der Waals surface area contributed by atoms with E-state index in [2.05, 4.69) is 24.3 Å². The van der Waals surface area contributed by atoms with Crippen LogP contribution in [0, 0.1) is 0 Å². The molecular weight excluding hydrogens is 376 g/mol. The topological polar surface area (TPSA) is 57.7 Å². The summed E-state index contributed by atoms with van der Waals surface area (Å²) in [5.41, 5.74) is 3.33. The second-order valence-electron chi connectivity index (χ2n) is 8.71. The van der Waals surface area contributed by atoms with Crippen molar-refractivity contribution in [3.8, 4) is 11.1 Å². The monoisotopic (exact) mass is 402 g/mol. The Morgan fingerprint density at radius 3 is 1.93 bits per heavy atom. The largest absolute Gasteiger partial charge is 0.336 e. The maximum Gasteiger partial charge on any atom is 0.229 e. The lowest BCUT2D eigenvalue weighted by Gasteiger charge is -2.41. The van der Waals surface area contributed by atoms with Crippen LogP contribution in [0.3, 0.4) is 0 Å². The van der Waals surface area contributed by atoms with Crippen molar-refractivity contribution in [2.24, 2.45) is 0 Å². The van der Waals surface area contributed by atoms with Gasteiger partial charge in [0.25, 0.3) is 0 Å². The molecule has 30 heavy (non-hydrogen) atoms. The minimum Gasteiger partial charge on any atom is -0.336 e. The molecule has 2 aromatic carbocycles. The summed E-state index contributed by atoms with van der Waals surface area (Å²) in [6.07, 6.45) is 4.47. The molecular formula is C25H26N2O3. The van der Waals surface area contributed by atoms with Crippen LogP contribution in [0.4, 0.5) is 0 Å². The Bertz CT molecular complexity index is 940. The van der Waals surface area contributed by atoms with Gasteiger partial charge in [-0.3, -0.25) is 19.3 Å². The molecule has 5 heteroatoms. The highest BCUT2D eigenvalue weighted by atomic mass is 16.2. The molecule has 3 aliphatic heterocycles. The van der Waals surface area contributed by atoms with E-state index in [0.717, 1.165) is 36.8 Å². The van der Waals surface area contributed by atoms with Crippen LogP contribution in [0.25, 0.3) is 11.1 Å². The van der Waals surface area contributed by atoms with Gasteiger partial charge >= 0.3 is 0 Å². The van der Waals surface area contributed by atoms with Crippen molar-refractivity contribution in [1.29, 1.82) is 0 Å². The number of fused-ring (bicyclic) bond motifs is 2. The zero-order valence-corrected chi connectivity index (χ0v) is 17.0. The molecule has 0 aliphatic carbocycles. The summed E-state index contributed by atoms with van der Waals surface area (Å²) in [6.45, 7) is 0. The molecule has 0 spiro atoms. The zero-order chi connectivity index (χ0) is 20.7. The van der Waals surface area contributed by atoms with Gasteiger partial charge in [-0.2, -0.15) is 0 Å². The fourth-order valence-corrected chi connectivity index (χ4v) is 5.48. The predicted molar refractivity (Wildman–Crippen MR) is 113 cm³/mol. The van der Waals surface area contributed by atoms with Crippen molar-refractivity contribution in [3.63, 3.8) is 0 Å². The Morgan fingerprint density at radius 1 is 0.767 bits per heavy atom. The Kier molecular flexibility index (Phi) is 4.89. The summed E-state index contributed by atoms with van der Waals surface area (Å²) in [5.74, 6) is 0.0813. The average molecular weight is 402 g/mol. The van der Waals surface area contributed by atoms with Crippen LogP contribution in [0.15, 0.2) is 54.6 Å². The number of imide groups is 1. The standard InChI is InChI=1S/C25H26N2O3/c28-23-12-13-24(29)27(23)22-15-20-10-11-21(16-22)26(20)25(30)14-17-6-8-19(9-7-17)18-4-2-1-3-5-18/h1-9,20-22H,10-16H2/t20-,21+,22?. The van der Waals surface area contributed by atoms with Gasteiger partial charge in [-0.25, -0.2) is 0 Å². The van der Waals surface area contributed by atoms with Crippen LogP contribution in [0.2, 0.25) is 0 Å². The fourth-order valence-electron chi connectivity index (χ4n) is 5.48. The molecule has 5 nitrogen and oxygen atoms in total. The first-order valence-corrected chi connectivity index (χ1v) is 10.9. The van der Waals surface area contributed by atoms with Crippen molar-refractivity contribution in [2.75, 3.05) is 0 Å². The molecule has 0 saturated carbocycles. The van der Waals surface area contributed by atoms with Crippen molar-refractivity contribution in [1.82, 2.24) is 9.80 Å². The number of benzene rings is 2. The van der Waals surface area contributed by atoms with Crippen LogP contribution in [0.1, 0.15) is 44.1 Å². The molecule has 3 heterocycles. The molecule has 1 unspecified atom stereocenters. The van der Waals surface area contributed by atoms with Crippen molar-refractivity contribution >= 4 is 17.7 Å². The summed E-state index contributed by atoms with van der Waals surface area (Å²) in [6, 6.07) is 18.7. The summed E-state index contributed by atoms with van der Waals surface area (Å²) in [4.78, 5) is 40.9. The molecule has 3 fully saturated rings. The summed E-state index contributed by atoms with van der Waals surface area (Å²) in [7, 11) is 0. The molecule has 154 valence electrons. The van der Waals surface area contributed by atoms with E-state index in [1.165, 1.54) is 10.5 Å². The first-order valence-electron chi connectivity index (χ1n) is 10.9. The number of hydrogen-bond donors (Lipinski definition) is 0. The van der Waals surface area contributed by atoms with Gasteiger partial charge in [0.15, 0.2) is 0 Å². The number of hydrogen-bond acceptors (Lipinski definition) is 3. The lowest BCUT2D eigenvalue weighted by Crippen LogP contribution is -2.54. The van der Waals surface area contributed by atoms with Gasteiger partial charge in [0.05, 0.1) is 6.42 Å². The number of carbonyl (C=O) groups excluding carboxylic acids is 3. The van der Waals surface area contributed by atoms with E-state index in [4.69, 9.17) is 0 Å². The van der Waals surface area contributed by atoms with E-state index >= 15 is 0 Å². The number of amides is 3. The van der Waals surface area contributed by atoms with Gasteiger partial charge in [0.1, 0.15) is 0 Å². The summed E-state index contributed by atoms with van der Waals surface area (Å²) < 4.78 is 0. The van der Waals surface area contributed by atoms with Crippen molar-refractivity contribution < 1.29 is 14.4 Å². The average Bonchev–Trinajstić information content (AvgIpc) is 3.24. The van der Waals surface area contributed by atoms with Gasteiger partial charge in [0.2, 0.25) is 17.7 Å². The van der Waals surface area contributed by atoms with Gasteiger partial charge in [-0.05, 0) is 42.4 Å². The van der Waals surface area contributed by atoms with E-state index in [0.29, 0.717) is 19.3 Å². The van der Waals surface area contributed by atoms with Gasteiger partial charge < -0.3 is 4.90 Å². The van der Waals surface area contributed by atoms with Gasteiger partial charge in [0, 0.05) is 31.0 Å². The maximum atomic E-state index is 13.1. The van der Waals surface area contributed by atoms with E-state index in [1.807, 2.05) is 35.2 Å². The van der Waals surface area contributed by atoms with Crippen LogP contribution in [-0.2, 0) is 20.8 Å². The molecule has 0 aromatic heterocycles. The maximum absolute atomic E-state index is 13.1. The Labute approximate surface area is 176 Å². The van der Waals surface area contributed by atoms with E-state index in [1.54, 1.807) is 0 Å². The SMILES string of the molecule is O=C1CCC(=O)N1C1C[C@H]2CC[C@@H](C1)N2C(=O)Cc1ccc(-c2ccccc2)cc1. The van der Waals surface area contributed by atoms with Gasteiger partial charge in [-0.15, -0.1) is 0 Å². The molecule has 3 atom stereocenters. The molecule has 0 N–H and O–H groups in total. The number of rotatable bonds is 4. The highest BCUT2D eigenvalue weighted by Gasteiger charge is 2.47. The number of likely N-dealkylation sites (tertiary alicyclic amines) is 1. The molecule has 5 rings (SSSR count). The van der Waals surface area contributed by atoms with E-state index in [9.17, 15) is 14.4 Å². The minimum atomic E-state index is -0.0392. The highest BCUT2D eigenvalue weighted by Crippen LogP contribution is 2.39. The molecule has 3 saturated heterocycles. The predicted octanol–water partition coefficient (Wildman–Crippen LogP) is 3.57. The summed E-state index contributed by atoms with van der Waals surface area (Å²) >= 11 is 0. The smallest absolute Gasteiger partial charge is 0.229 e. The van der Waals surface area contributed by atoms with Crippen molar-refractivity contribution in [2.45, 2.75) is 63.1 Å². The Hall–Kier alpha value is -2.95. The van der Waals surface area contributed by atoms with Crippen molar-refractivity contribution in [3.05, 3.63) is 60.2 Å². The number of piperidine rings is 1. The molecule has 3 aliphatic rings. The third kappa shape index (κ3) is 3.42. The number of carbonyl (C=O) groups is 3. The van der Waals surface area contributed by atoms with Crippen LogP contribution < -0.4 is 0 Å². The van der Waals surface area contributed by atoms with E-state index in [-0.39, 0.29) is 35.8 Å². The first kappa shape index (κ1) is 19.0. The highest BCUT2D eigenvalue weighted by molar-refractivity contribution is 6.02. The quantitative estimate of drug-likeness (QED) is 0.735. The zero-order valence-electron chi connectivity index (χ0n) is 17.0. The van der Waals surface area contributed by atoms with Crippen LogP contribution >= 0.6 is 0 Å². The third-order valence-electron chi connectivity index (χ3n) is 6.87. The fraction of sp³-hybridized carbons (Fsp3) is 0.400. The van der Waals surface area contributed by atoms with E-state index < -0.39 is 0 Å². The Balaban J connectivity index is 1.25. The lowest BCUT2D eigenvalue weighted by molar-refractivity contribution is -0.144. The molecule has 3 amide bonds. The lowest BCUT2D eigenvalue weighted by atomic mass is 9.95. The molecule has 2 aromatic rings. The van der Waals surface area contributed by atoms with Crippen LogP contribution in [-0.4, -0.2) is 45.6 Å². The van der Waals surface area contributed by atoms with Gasteiger partial charge in [-0.1, -0.05) is 54.6 Å². The minimum absolute atomic E-state index is 0.0285. The second-order valence-corrected chi connectivity index (χ2v) is 8.71. The number of nitrogens with zero attached hydrogens (tertiary/aromatic N) is 2. The second kappa shape index (κ2) is 7.71.